The highest BCUT2D eigenvalue weighted by Gasteiger charge is 2.29. The van der Waals surface area contributed by atoms with Crippen LogP contribution in [0.1, 0.15) is 380 Å². The van der Waals surface area contributed by atoms with E-state index in [1.165, 1.54) is 180 Å². The first-order chi connectivity index (χ1) is 53.2. The van der Waals surface area contributed by atoms with Gasteiger partial charge in [0, 0.05) is 19.3 Å². The quantitative estimate of drug-likeness (QED) is 0.0146. The smallest absolute Gasteiger partial charge is 0.463 e. The van der Waals surface area contributed by atoms with Crippen molar-refractivity contribution >= 4 is 33.6 Å². The molecular weight excluding hydrogens is 1410 g/mol. The average molecular weight is 1570 g/mol. The van der Waals surface area contributed by atoms with E-state index in [9.17, 15) is 43.5 Å². The van der Waals surface area contributed by atoms with Gasteiger partial charge in [-0.15, -0.1) is 0 Å². The number of esters is 3. The van der Waals surface area contributed by atoms with Gasteiger partial charge in [-0.25, -0.2) is 9.13 Å². The van der Waals surface area contributed by atoms with Crippen molar-refractivity contribution < 1.29 is 75.8 Å². The summed E-state index contributed by atoms with van der Waals surface area (Å²) < 4.78 is 61.3. The second-order valence-electron chi connectivity index (χ2n) is 29.3. The van der Waals surface area contributed by atoms with Gasteiger partial charge in [-0.2, -0.15) is 0 Å². The highest BCUT2D eigenvalue weighted by atomic mass is 31.2. The van der Waals surface area contributed by atoms with Gasteiger partial charge < -0.3 is 34.2 Å². The Kier molecular flexibility index (Phi) is 80.3. The van der Waals surface area contributed by atoms with Crippen molar-refractivity contribution in [2.24, 2.45) is 0 Å². The van der Waals surface area contributed by atoms with Gasteiger partial charge in [0.1, 0.15) is 25.4 Å². The van der Waals surface area contributed by atoms with Crippen molar-refractivity contribution in [3.8, 4) is 0 Å². The molecule has 630 valence electrons. The van der Waals surface area contributed by atoms with Gasteiger partial charge in [0.25, 0.3) is 0 Å². The predicted octanol–water partition coefficient (Wildman–Crippen LogP) is 26.4. The largest absolute Gasteiger partial charge is 0.472 e. The maximum absolute atomic E-state index is 13.0. The Hall–Kier alpha value is -4.05. The Labute approximate surface area is 665 Å². The van der Waals surface area contributed by atoms with E-state index in [-0.39, 0.29) is 19.3 Å². The third kappa shape index (κ3) is 84.7. The summed E-state index contributed by atoms with van der Waals surface area (Å²) >= 11 is 0. The van der Waals surface area contributed by atoms with Crippen LogP contribution in [0.4, 0.5) is 0 Å². The van der Waals surface area contributed by atoms with E-state index in [1.54, 1.807) is 0 Å². The molecule has 0 radical (unpaired) electrons. The summed E-state index contributed by atoms with van der Waals surface area (Å²) in [6, 6.07) is 0. The van der Waals surface area contributed by atoms with Crippen LogP contribution in [0.5, 0.6) is 0 Å². The fraction of sp³-hybridized carbons (Fsp3) is 0.747. The molecule has 5 atom stereocenters. The van der Waals surface area contributed by atoms with Gasteiger partial charge in [0.2, 0.25) is 0 Å². The van der Waals surface area contributed by atoms with E-state index in [2.05, 4.69) is 142 Å². The normalized spacial score (nSPS) is 14.4. The zero-order valence-electron chi connectivity index (χ0n) is 69.2. The third-order valence-corrected chi connectivity index (χ3v) is 20.5. The van der Waals surface area contributed by atoms with Gasteiger partial charge in [-0.3, -0.25) is 32.5 Å². The standard InChI is InChI=1S/C91H160O16P2/c1-4-7-10-13-16-19-22-25-27-29-31-33-35-37-39-40-41-42-43-44-46-48-49-51-53-55-57-60-62-65-68-71-74-77-89(94)101-80-86(92)81-103-108(97,98)104-82-87(93)83-105-109(99,100)106-85-88(107-91(96)79-76-73-70-67-64-59-24-21-18-15-12-9-6-3)84-102-90(95)78-75-72-69-66-63-61-58-56-54-52-50-47-45-38-36-34-32-30-28-26-23-20-17-14-11-8-5-2/h12,15-17,19-21,24-28,31-34,37-39,45,86-88,92-93H,4-11,13-14,18,22-23,29-30,35-36,40-44,46-85H2,1-3H3,(H,97,98)(H,99,100)/b15-12-,19-16-,20-17-,24-21-,27-25-,28-26-,33-31-,34-32-,39-37-,45-38-. The van der Waals surface area contributed by atoms with E-state index in [1.807, 2.05) is 0 Å². The number of carbonyl (C=O) groups is 3. The summed E-state index contributed by atoms with van der Waals surface area (Å²) in [6.07, 6.45) is 101. The molecule has 18 heteroatoms. The Bertz CT molecular complexity index is 2460. The molecule has 4 N–H and O–H groups in total. The molecule has 0 saturated heterocycles. The Morgan fingerprint density at radius 1 is 0.257 bits per heavy atom. The highest BCUT2D eigenvalue weighted by Crippen LogP contribution is 2.45. The minimum absolute atomic E-state index is 0.0871. The number of aliphatic hydroxyl groups is 2. The zero-order valence-corrected chi connectivity index (χ0v) is 71.0. The van der Waals surface area contributed by atoms with Crippen molar-refractivity contribution in [2.45, 2.75) is 399 Å². The summed E-state index contributed by atoms with van der Waals surface area (Å²) in [4.78, 5) is 58.7. The van der Waals surface area contributed by atoms with E-state index in [4.69, 9.17) is 32.3 Å². The minimum atomic E-state index is -4.94. The minimum Gasteiger partial charge on any atom is -0.463 e. The Balaban J connectivity index is 4.41. The van der Waals surface area contributed by atoms with Gasteiger partial charge in [0.05, 0.1) is 26.4 Å². The molecule has 0 fully saturated rings. The van der Waals surface area contributed by atoms with Crippen LogP contribution in [-0.2, 0) is 55.8 Å². The molecule has 0 aliphatic rings. The molecule has 16 nitrogen and oxygen atoms in total. The highest BCUT2D eigenvalue weighted by molar-refractivity contribution is 7.47. The lowest BCUT2D eigenvalue weighted by Crippen LogP contribution is -2.30. The summed E-state index contributed by atoms with van der Waals surface area (Å²) in [5.41, 5.74) is 0. The maximum Gasteiger partial charge on any atom is 0.472 e. The van der Waals surface area contributed by atoms with Crippen molar-refractivity contribution in [1.82, 2.24) is 0 Å². The summed E-state index contributed by atoms with van der Waals surface area (Å²) in [5.74, 6) is -1.58. The Morgan fingerprint density at radius 3 is 0.761 bits per heavy atom. The fourth-order valence-electron chi connectivity index (χ4n) is 11.9. The SMILES string of the molecule is CCC/C=C\C/C=C\CCCCCCCC(=O)OC(COC(=O)CCCCCCCCCCCCC/C=C\C/C=C\C/C=C\C/C=C\CCCCC)COP(=O)(O)OCC(O)COP(=O)(O)OCC(O)COC(=O)CCCCCCCCCCCCCCCCCCC/C=C\C/C=C\C/C=C\C/C=C\CCCCC. The number of phosphoric ester groups is 2. The fourth-order valence-corrected chi connectivity index (χ4v) is 13.5. The predicted molar refractivity (Wildman–Crippen MR) is 454 cm³/mol. The number of phosphoric acid groups is 2. The molecular formula is C91H160O16P2. The molecule has 0 aromatic carbocycles. The monoisotopic (exact) mass is 1570 g/mol. The van der Waals surface area contributed by atoms with E-state index in [0.29, 0.717) is 19.3 Å². The van der Waals surface area contributed by atoms with Crippen molar-refractivity contribution in [3.05, 3.63) is 122 Å². The first-order valence-corrected chi connectivity index (χ1v) is 46.8. The number of hydrogen-bond acceptors (Lipinski definition) is 14. The van der Waals surface area contributed by atoms with Crippen LogP contribution in [0.2, 0.25) is 0 Å². The van der Waals surface area contributed by atoms with Gasteiger partial charge >= 0.3 is 33.6 Å². The molecule has 0 saturated carbocycles. The number of unbranched alkanes of at least 4 members (excludes halogenated alkanes) is 40. The first kappa shape index (κ1) is 105. The third-order valence-electron chi connectivity index (χ3n) is 18.6. The summed E-state index contributed by atoms with van der Waals surface area (Å²) in [6.45, 7) is 2.58. The molecule has 0 heterocycles. The van der Waals surface area contributed by atoms with Gasteiger partial charge in [-0.1, -0.05) is 348 Å². The molecule has 0 rings (SSSR count). The van der Waals surface area contributed by atoms with Crippen LogP contribution in [0, 0.1) is 0 Å². The number of aliphatic hydroxyl groups excluding tert-OH is 2. The second kappa shape index (κ2) is 83.4. The number of hydrogen-bond donors (Lipinski definition) is 4. The van der Waals surface area contributed by atoms with Crippen LogP contribution in [0.3, 0.4) is 0 Å². The molecule has 0 amide bonds. The first-order valence-electron chi connectivity index (χ1n) is 43.8. The topological polar surface area (TPSA) is 231 Å². The van der Waals surface area contributed by atoms with Crippen LogP contribution in [0.15, 0.2) is 122 Å². The maximum atomic E-state index is 13.0. The molecule has 0 aliphatic carbocycles. The summed E-state index contributed by atoms with van der Waals surface area (Å²) in [5, 5.41) is 20.7. The molecule has 5 unspecified atom stereocenters. The summed E-state index contributed by atoms with van der Waals surface area (Å²) in [7, 11) is -9.80. The molecule has 0 spiro atoms. The van der Waals surface area contributed by atoms with Crippen molar-refractivity contribution in [3.63, 3.8) is 0 Å². The number of allylic oxidation sites excluding steroid dienone is 20. The number of ether oxygens (including phenoxy) is 3. The number of rotatable bonds is 83. The zero-order chi connectivity index (χ0) is 79.4. The van der Waals surface area contributed by atoms with Gasteiger partial charge in [0.15, 0.2) is 6.10 Å². The lowest BCUT2D eigenvalue weighted by atomic mass is 10.0. The lowest BCUT2D eigenvalue weighted by Gasteiger charge is -2.21. The molecule has 0 aliphatic heterocycles. The van der Waals surface area contributed by atoms with Crippen molar-refractivity contribution in [1.29, 1.82) is 0 Å². The average Bonchev–Trinajstić information content (AvgIpc) is 0.903. The van der Waals surface area contributed by atoms with Crippen LogP contribution >= 0.6 is 15.6 Å². The van der Waals surface area contributed by atoms with E-state index in [0.717, 1.165) is 141 Å². The molecule has 0 bridgehead atoms. The van der Waals surface area contributed by atoms with Crippen LogP contribution < -0.4 is 0 Å². The van der Waals surface area contributed by atoms with Gasteiger partial charge in [-0.05, 0) is 135 Å². The number of carbonyl (C=O) groups excluding carboxylic acids is 3. The van der Waals surface area contributed by atoms with E-state index < -0.39 is 91.5 Å². The second-order valence-corrected chi connectivity index (χ2v) is 32.2. The van der Waals surface area contributed by atoms with E-state index >= 15 is 0 Å². The van der Waals surface area contributed by atoms with Crippen LogP contribution in [0.25, 0.3) is 0 Å². The Morgan fingerprint density at radius 2 is 0.477 bits per heavy atom. The van der Waals surface area contributed by atoms with Crippen molar-refractivity contribution in [2.75, 3.05) is 39.6 Å². The molecule has 0 aromatic rings. The van der Waals surface area contributed by atoms with Crippen LogP contribution in [-0.4, -0.2) is 95.9 Å². The lowest BCUT2D eigenvalue weighted by molar-refractivity contribution is -0.161. The molecule has 109 heavy (non-hydrogen) atoms. The molecule has 0 aromatic heterocycles.